The van der Waals surface area contributed by atoms with Crippen molar-refractivity contribution in [3.05, 3.63) is 34.1 Å². The molecule has 0 aliphatic heterocycles. The fourth-order valence-corrected chi connectivity index (χ4v) is 1.23. The molecule has 6 nitrogen and oxygen atoms in total. The van der Waals surface area contributed by atoms with Crippen molar-refractivity contribution < 1.29 is 19.2 Å². The highest BCUT2D eigenvalue weighted by Crippen LogP contribution is 2.24. The Kier molecular flexibility index (Phi) is 5.31. The zero-order chi connectivity index (χ0) is 12.7. The summed E-state index contributed by atoms with van der Waals surface area (Å²) in [5.41, 5.74) is -0.0730. The van der Waals surface area contributed by atoms with E-state index in [1.807, 2.05) is 0 Å². The van der Waals surface area contributed by atoms with Gasteiger partial charge in [-0.1, -0.05) is 0 Å². The third-order valence-corrected chi connectivity index (χ3v) is 1.95. The second-order valence-electron chi connectivity index (χ2n) is 3.18. The van der Waals surface area contributed by atoms with E-state index < -0.39 is 10.7 Å². The van der Waals surface area contributed by atoms with Gasteiger partial charge in [-0.3, -0.25) is 10.1 Å². The lowest BCUT2D eigenvalue weighted by Crippen LogP contribution is -2.12. The smallest absolute Gasteiger partial charge is 0.295 e. The van der Waals surface area contributed by atoms with Crippen molar-refractivity contribution in [2.24, 2.45) is 0 Å². The van der Waals surface area contributed by atoms with Crippen LogP contribution in [0.15, 0.2) is 18.2 Å². The molecule has 0 aliphatic carbocycles. The number of rotatable bonds is 7. The maximum atomic E-state index is 12.8. The van der Waals surface area contributed by atoms with Gasteiger partial charge < -0.3 is 15.2 Å². The van der Waals surface area contributed by atoms with Gasteiger partial charge in [0.25, 0.3) is 5.69 Å². The zero-order valence-electron chi connectivity index (χ0n) is 9.06. The average molecular weight is 244 g/mol. The molecular weight excluding hydrogens is 231 g/mol. The number of nitro benzene ring substituents is 1. The Balaban J connectivity index is 2.55. The number of halogens is 1. The molecule has 94 valence electrons. The number of ether oxygens (including phenoxy) is 1. The van der Waals surface area contributed by atoms with Crippen LogP contribution in [0.3, 0.4) is 0 Å². The summed E-state index contributed by atoms with van der Waals surface area (Å²) < 4.78 is 17.8. The van der Waals surface area contributed by atoms with Gasteiger partial charge in [-0.2, -0.15) is 0 Å². The second kappa shape index (κ2) is 6.77. The van der Waals surface area contributed by atoms with E-state index in [1.165, 1.54) is 6.07 Å². The molecule has 1 rings (SSSR count). The zero-order valence-corrected chi connectivity index (χ0v) is 9.06. The highest BCUT2D eigenvalue weighted by Gasteiger charge is 2.14. The van der Waals surface area contributed by atoms with Gasteiger partial charge in [-0.25, -0.2) is 4.39 Å². The van der Waals surface area contributed by atoms with Crippen LogP contribution in [-0.2, 0) is 4.74 Å². The van der Waals surface area contributed by atoms with Gasteiger partial charge in [0, 0.05) is 6.54 Å². The number of benzene rings is 1. The van der Waals surface area contributed by atoms with E-state index in [2.05, 4.69) is 5.32 Å². The molecule has 1 aromatic carbocycles. The number of aliphatic hydroxyl groups excluding tert-OH is 1. The van der Waals surface area contributed by atoms with E-state index >= 15 is 0 Å². The first-order valence-corrected chi connectivity index (χ1v) is 5.01. The minimum atomic E-state index is -0.654. The molecule has 0 aromatic heterocycles. The molecule has 0 saturated heterocycles. The molecule has 17 heavy (non-hydrogen) atoms. The number of hydrogen-bond donors (Lipinski definition) is 2. The molecule has 0 bridgehead atoms. The fraction of sp³-hybridized carbons (Fsp3) is 0.400. The lowest BCUT2D eigenvalue weighted by molar-refractivity contribution is -0.384. The van der Waals surface area contributed by atoms with Crippen LogP contribution in [0.25, 0.3) is 0 Å². The normalized spacial score (nSPS) is 10.2. The SMILES string of the molecule is O=[N+]([O-])c1cc(F)ccc1NCCOCCO. The standard InChI is InChI=1S/C10H13FN2O4/c11-8-1-2-9(10(7-8)13(15)16)12-3-5-17-6-4-14/h1-2,7,12,14H,3-6H2. The number of hydrogen-bond acceptors (Lipinski definition) is 5. The van der Waals surface area contributed by atoms with Crippen molar-refractivity contribution in [2.75, 3.05) is 31.7 Å². The molecule has 0 unspecified atom stereocenters. The summed E-state index contributed by atoms with van der Waals surface area (Å²) in [6.45, 7) is 0.783. The van der Waals surface area contributed by atoms with Crippen molar-refractivity contribution in [1.82, 2.24) is 0 Å². The Morgan fingerprint density at radius 1 is 1.47 bits per heavy atom. The summed E-state index contributed by atoms with van der Waals surface area (Å²) in [4.78, 5) is 9.99. The van der Waals surface area contributed by atoms with Crippen LogP contribution in [0, 0.1) is 15.9 Å². The molecule has 7 heteroatoms. The molecule has 0 fully saturated rings. The molecule has 0 amide bonds. The first-order chi connectivity index (χ1) is 8.15. The Bertz CT molecular complexity index is 387. The number of anilines is 1. The Hall–Kier alpha value is -1.73. The van der Waals surface area contributed by atoms with Crippen LogP contribution >= 0.6 is 0 Å². The minimum absolute atomic E-state index is 0.0727. The van der Waals surface area contributed by atoms with Crippen LogP contribution in [-0.4, -0.2) is 36.4 Å². The molecule has 1 aromatic rings. The van der Waals surface area contributed by atoms with Crippen LogP contribution in [0.2, 0.25) is 0 Å². The monoisotopic (exact) mass is 244 g/mol. The maximum Gasteiger partial charge on any atom is 0.295 e. The predicted molar refractivity (Wildman–Crippen MR) is 59.4 cm³/mol. The van der Waals surface area contributed by atoms with Crippen molar-refractivity contribution in [3.63, 3.8) is 0 Å². The first kappa shape index (κ1) is 13.3. The summed E-state index contributed by atoms with van der Waals surface area (Å²) in [7, 11) is 0. The van der Waals surface area contributed by atoms with Crippen LogP contribution < -0.4 is 5.32 Å². The van der Waals surface area contributed by atoms with Crippen molar-refractivity contribution in [1.29, 1.82) is 0 Å². The number of nitrogens with zero attached hydrogens (tertiary/aromatic N) is 1. The van der Waals surface area contributed by atoms with Crippen LogP contribution in [0.5, 0.6) is 0 Å². The highest BCUT2D eigenvalue weighted by molar-refractivity contribution is 5.61. The Morgan fingerprint density at radius 3 is 2.88 bits per heavy atom. The summed E-state index contributed by atoms with van der Waals surface area (Å²) >= 11 is 0. The summed E-state index contributed by atoms with van der Waals surface area (Å²) in [6, 6.07) is 3.31. The topological polar surface area (TPSA) is 84.6 Å². The Morgan fingerprint density at radius 2 is 2.24 bits per heavy atom. The fourth-order valence-electron chi connectivity index (χ4n) is 1.23. The number of nitro groups is 1. The number of nitrogens with one attached hydrogen (secondary N) is 1. The molecule has 0 spiro atoms. The summed E-state index contributed by atoms with van der Waals surface area (Å²) in [5, 5.41) is 21.9. The Labute approximate surface area is 97.2 Å². The van der Waals surface area contributed by atoms with Gasteiger partial charge in [-0.05, 0) is 12.1 Å². The van der Waals surface area contributed by atoms with Gasteiger partial charge in [0.15, 0.2) is 0 Å². The van der Waals surface area contributed by atoms with E-state index in [1.54, 1.807) is 0 Å². The number of aliphatic hydroxyl groups is 1. The van der Waals surface area contributed by atoms with E-state index in [9.17, 15) is 14.5 Å². The lowest BCUT2D eigenvalue weighted by Gasteiger charge is -2.07. The lowest BCUT2D eigenvalue weighted by atomic mass is 10.2. The third-order valence-electron chi connectivity index (χ3n) is 1.95. The first-order valence-electron chi connectivity index (χ1n) is 5.01. The molecule has 0 saturated carbocycles. The van der Waals surface area contributed by atoms with Gasteiger partial charge in [-0.15, -0.1) is 0 Å². The van der Waals surface area contributed by atoms with Gasteiger partial charge in [0.2, 0.25) is 0 Å². The highest BCUT2D eigenvalue weighted by atomic mass is 19.1. The van der Waals surface area contributed by atoms with Crippen molar-refractivity contribution in [3.8, 4) is 0 Å². The summed E-state index contributed by atoms with van der Waals surface area (Å²) in [6.07, 6.45) is 0. The van der Waals surface area contributed by atoms with Crippen LogP contribution in [0.4, 0.5) is 15.8 Å². The molecule has 0 aliphatic rings. The largest absolute Gasteiger partial charge is 0.394 e. The van der Waals surface area contributed by atoms with Crippen molar-refractivity contribution in [2.45, 2.75) is 0 Å². The second-order valence-corrected chi connectivity index (χ2v) is 3.18. The van der Waals surface area contributed by atoms with Gasteiger partial charge in [0.1, 0.15) is 11.5 Å². The molecule has 0 atom stereocenters. The van der Waals surface area contributed by atoms with E-state index in [4.69, 9.17) is 9.84 Å². The van der Waals surface area contributed by atoms with E-state index in [0.29, 0.717) is 13.2 Å². The summed E-state index contributed by atoms with van der Waals surface area (Å²) in [5.74, 6) is -0.654. The van der Waals surface area contributed by atoms with Crippen LogP contribution in [0.1, 0.15) is 0 Å². The molecule has 0 heterocycles. The predicted octanol–water partition coefficient (Wildman–Crippen LogP) is 1.15. The third kappa shape index (κ3) is 4.33. The van der Waals surface area contributed by atoms with E-state index in [0.717, 1.165) is 12.1 Å². The van der Waals surface area contributed by atoms with Gasteiger partial charge >= 0.3 is 0 Å². The van der Waals surface area contributed by atoms with Crippen molar-refractivity contribution >= 4 is 11.4 Å². The molecular formula is C10H13FN2O4. The molecule has 0 radical (unpaired) electrons. The molecule has 2 N–H and O–H groups in total. The minimum Gasteiger partial charge on any atom is -0.394 e. The quantitative estimate of drug-likeness (QED) is 0.427. The average Bonchev–Trinajstić information content (AvgIpc) is 2.30. The van der Waals surface area contributed by atoms with Gasteiger partial charge in [0.05, 0.1) is 30.8 Å². The maximum absolute atomic E-state index is 12.8. The van der Waals surface area contributed by atoms with E-state index in [-0.39, 0.29) is 24.6 Å².